The lowest BCUT2D eigenvalue weighted by Gasteiger charge is -2.34. The van der Waals surface area contributed by atoms with E-state index in [1.54, 1.807) is 0 Å². The summed E-state index contributed by atoms with van der Waals surface area (Å²) in [5, 5.41) is 3.98. The van der Waals surface area contributed by atoms with E-state index in [1.807, 2.05) is 18.2 Å². The average molecular weight is 438 g/mol. The number of thioether (sulfide) groups is 1. The predicted octanol–water partition coefficient (Wildman–Crippen LogP) is 3.08. The van der Waals surface area contributed by atoms with Gasteiger partial charge in [-0.25, -0.2) is 4.98 Å². The summed E-state index contributed by atoms with van der Waals surface area (Å²) in [4.78, 5) is 21.9. The molecular weight excluding hydrogens is 406 g/mol. The molecule has 0 spiro atoms. The van der Waals surface area contributed by atoms with E-state index in [1.165, 1.54) is 17.3 Å². The van der Waals surface area contributed by atoms with Gasteiger partial charge in [0.15, 0.2) is 5.16 Å². The summed E-state index contributed by atoms with van der Waals surface area (Å²) in [7, 11) is 0. The standard InChI is InChI=1S/C24H31N5OS/c1-2-29-22-11-7-6-10-21(22)26-24(29)31-19-23(30)25-12-13-27-14-16-28(17-15-27)18-20-8-4-3-5-9-20/h3-11H,2,12-19H2,1H3,(H,25,30). The summed E-state index contributed by atoms with van der Waals surface area (Å²) in [6.07, 6.45) is 0. The van der Waals surface area contributed by atoms with Gasteiger partial charge < -0.3 is 9.88 Å². The van der Waals surface area contributed by atoms with Crippen LogP contribution in [-0.4, -0.2) is 70.3 Å². The van der Waals surface area contributed by atoms with Crippen molar-refractivity contribution in [2.24, 2.45) is 0 Å². The summed E-state index contributed by atoms with van der Waals surface area (Å²) in [6.45, 7) is 9.84. The van der Waals surface area contributed by atoms with Gasteiger partial charge in [0.25, 0.3) is 0 Å². The number of carbonyl (C=O) groups excluding carboxylic acids is 1. The number of aryl methyl sites for hydroxylation is 1. The van der Waals surface area contributed by atoms with Crippen molar-refractivity contribution < 1.29 is 4.79 Å². The number of fused-ring (bicyclic) bond motifs is 1. The lowest BCUT2D eigenvalue weighted by molar-refractivity contribution is -0.118. The number of hydrogen-bond acceptors (Lipinski definition) is 5. The van der Waals surface area contributed by atoms with Gasteiger partial charge in [-0.3, -0.25) is 14.6 Å². The fourth-order valence-corrected chi connectivity index (χ4v) is 4.92. The van der Waals surface area contributed by atoms with Gasteiger partial charge in [0.2, 0.25) is 5.91 Å². The minimum absolute atomic E-state index is 0.0717. The molecule has 0 aliphatic carbocycles. The molecule has 3 aromatic rings. The van der Waals surface area contributed by atoms with E-state index in [2.05, 4.69) is 68.0 Å². The molecule has 0 atom stereocenters. The maximum atomic E-state index is 12.3. The molecule has 31 heavy (non-hydrogen) atoms. The Morgan fingerprint density at radius 1 is 1.00 bits per heavy atom. The van der Waals surface area contributed by atoms with Crippen LogP contribution in [0.2, 0.25) is 0 Å². The molecule has 6 nitrogen and oxygen atoms in total. The van der Waals surface area contributed by atoms with Gasteiger partial charge in [-0.1, -0.05) is 54.2 Å². The molecule has 1 amide bonds. The molecule has 1 aliphatic heterocycles. The van der Waals surface area contributed by atoms with E-state index in [4.69, 9.17) is 0 Å². The summed E-state index contributed by atoms with van der Waals surface area (Å²) >= 11 is 1.51. The van der Waals surface area contributed by atoms with Gasteiger partial charge in [-0.2, -0.15) is 0 Å². The lowest BCUT2D eigenvalue weighted by atomic mass is 10.2. The minimum atomic E-state index is 0.0717. The minimum Gasteiger partial charge on any atom is -0.354 e. The molecule has 0 radical (unpaired) electrons. The summed E-state index contributed by atoms with van der Waals surface area (Å²) in [5.41, 5.74) is 3.48. The van der Waals surface area contributed by atoms with Crippen LogP contribution in [0.5, 0.6) is 0 Å². The fraction of sp³-hybridized carbons (Fsp3) is 0.417. The van der Waals surface area contributed by atoms with Crippen LogP contribution < -0.4 is 5.32 Å². The Kier molecular flexibility index (Phi) is 7.61. The van der Waals surface area contributed by atoms with Crippen LogP contribution in [0.1, 0.15) is 12.5 Å². The van der Waals surface area contributed by atoms with Gasteiger partial charge in [0, 0.05) is 52.4 Å². The molecule has 1 fully saturated rings. The highest BCUT2D eigenvalue weighted by molar-refractivity contribution is 7.99. The Hall–Kier alpha value is -2.35. The van der Waals surface area contributed by atoms with Gasteiger partial charge >= 0.3 is 0 Å². The number of amides is 1. The van der Waals surface area contributed by atoms with Crippen LogP contribution in [0, 0.1) is 0 Å². The molecule has 1 N–H and O–H groups in total. The predicted molar refractivity (Wildman–Crippen MR) is 127 cm³/mol. The second-order valence-corrected chi connectivity index (χ2v) is 8.81. The van der Waals surface area contributed by atoms with Crippen LogP contribution in [0.25, 0.3) is 11.0 Å². The van der Waals surface area contributed by atoms with E-state index >= 15 is 0 Å². The highest BCUT2D eigenvalue weighted by atomic mass is 32.2. The third-order valence-electron chi connectivity index (χ3n) is 5.73. The maximum Gasteiger partial charge on any atom is 0.230 e. The zero-order valence-corrected chi connectivity index (χ0v) is 19.0. The third kappa shape index (κ3) is 5.87. The van der Waals surface area contributed by atoms with Crippen molar-refractivity contribution in [3.05, 3.63) is 60.2 Å². The SMILES string of the molecule is CCn1c(SCC(=O)NCCN2CCN(Cc3ccccc3)CC2)nc2ccccc21. The molecule has 1 aromatic heterocycles. The Morgan fingerprint density at radius 3 is 2.48 bits per heavy atom. The molecule has 164 valence electrons. The maximum absolute atomic E-state index is 12.3. The second-order valence-electron chi connectivity index (χ2n) is 7.87. The van der Waals surface area contributed by atoms with Gasteiger partial charge in [0.05, 0.1) is 16.8 Å². The Balaban J connectivity index is 1.15. The smallest absolute Gasteiger partial charge is 0.230 e. The first-order chi connectivity index (χ1) is 15.2. The molecule has 0 bridgehead atoms. The number of benzene rings is 2. The fourth-order valence-electron chi connectivity index (χ4n) is 4.02. The molecule has 1 aliphatic rings. The zero-order valence-electron chi connectivity index (χ0n) is 18.2. The molecule has 0 unspecified atom stereocenters. The molecule has 7 heteroatoms. The number of hydrogen-bond donors (Lipinski definition) is 1. The summed E-state index contributed by atoms with van der Waals surface area (Å²) in [5.74, 6) is 0.469. The molecule has 2 heterocycles. The highest BCUT2D eigenvalue weighted by Crippen LogP contribution is 2.23. The monoisotopic (exact) mass is 437 g/mol. The van der Waals surface area contributed by atoms with Crippen molar-refractivity contribution in [3.63, 3.8) is 0 Å². The van der Waals surface area contributed by atoms with Crippen LogP contribution in [0.3, 0.4) is 0 Å². The van der Waals surface area contributed by atoms with Gasteiger partial charge in [-0.05, 0) is 24.6 Å². The van der Waals surface area contributed by atoms with Crippen molar-refractivity contribution >= 4 is 28.7 Å². The molecule has 2 aromatic carbocycles. The number of carbonyl (C=O) groups is 1. The zero-order chi connectivity index (χ0) is 21.5. The highest BCUT2D eigenvalue weighted by Gasteiger charge is 2.17. The molecule has 1 saturated heterocycles. The van der Waals surface area contributed by atoms with Crippen LogP contribution in [-0.2, 0) is 17.9 Å². The van der Waals surface area contributed by atoms with Crippen LogP contribution >= 0.6 is 11.8 Å². The Bertz CT molecular complexity index is 982. The number of nitrogens with one attached hydrogen (secondary N) is 1. The van der Waals surface area contributed by atoms with E-state index in [0.717, 1.165) is 62.0 Å². The topological polar surface area (TPSA) is 53.4 Å². The van der Waals surface area contributed by atoms with Crippen molar-refractivity contribution in [1.29, 1.82) is 0 Å². The third-order valence-corrected chi connectivity index (χ3v) is 6.71. The number of imidazole rings is 1. The van der Waals surface area contributed by atoms with Gasteiger partial charge in [-0.15, -0.1) is 0 Å². The Morgan fingerprint density at radius 2 is 1.71 bits per heavy atom. The van der Waals surface area contributed by atoms with Crippen molar-refractivity contribution in [3.8, 4) is 0 Å². The number of para-hydroxylation sites is 2. The van der Waals surface area contributed by atoms with Crippen molar-refractivity contribution in [1.82, 2.24) is 24.7 Å². The van der Waals surface area contributed by atoms with E-state index in [9.17, 15) is 4.79 Å². The van der Waals surface area contributed by atoms with Crippen molar-refractivity contribution in [2.45, 2.75) is 25.2 Å². The first-order valence-electron chi connectivity index (χ1n) is 11.1. The largest absolute Gasteiger partial charge is 0.354 e. The molecular formula is C24H31N5OS. The van der Waals surface area contributed by atoms with Crippen LogP contribution in [0.15, 0.2) is 59.8 Å². The number of nitrogens with zero attached hydrogens (tertiary/aromatic N) is 4. The molecule has 4 rings (SSSR count). The molecule has 0 saturated carbocycles. The first kappa shape index (κ1) is 21.9. The van der Waals surface area contributed by atoms with Gasteiger partial charge in [0.1, 0.15) is 0 Å². The number of piperazine rings is 1. The van der Waals surface area contributed by atoms with Crippen molar-refractivity contribution in [2.75, 3.05) is 45.0 Å². The normalized spacial score (nSPS) is 15.4. The van der Waals surface area contributed by atoms with E-state index in [-0.39, 0.29) is 5.91 Å². The van der Waals surface area contributed by atoms with E-state index in [0.29, 0.717) is 12.3 Å². The lowest BCUT2D eigenvalue weighted by Crippen LogP contribution is -2.48. The number of rotatable bonds is 9. The summed E-state index contributed by atoms with van der Waals surface area (Å²) in [6, 6.07) is 18.8. The van der Waals surface area contributed by atoms with Crippen LogP contribution in [0.4, 0.5) is 0 Å². The second kappa shape index (κ2) is 10.8. The summed E-state index contributed by atoms with van der Waals surface area (Å²) < 4.78 is 2.17. The first-order valence-corrected chi connectivity index (χ1v) is 12.0. The Labute approximate surface area is 188 Å². The quantitative estimate of drug-likeness (QED) is 0.522. The van der Waals surface area contributed by atoms with E-state index < -0.39 is 0 Å². The number of aromatic nitrogens is 2. The average Bonchev–Trinajstić information content (AvgIpc) is 3.17.